The van der Waals surface area contributed by atoms with Gasteiger partial charge in [-0.25, -0.2) is 4.79 Å². The molecule has 7 nitrogen and oxygen atoms in total. The number of hydrogen-bond acceptors (Lipinski definition) is 4. The molecule has 0 aromatic heterocycles. The van der Waals surface area contributed by atoms with Gasteiger partial charge in [-0.05, 0) is 51.9 Å². The van der Waals surface area contributed by atoms with Crippen LogP contribution in [-0.4, -0.2) is 69.0 Å². The summed E-state index contributed by atoms with van der Waals surface area (Å²) < 4.78 is 10.7. The number of rotatable bonds is 6. The summed E-state index contributed by atoms with van der Waals surface area (Å²) in [7, 11) is 3.60. The van der Waals surface area contributed by atoms with Gasteiger partial charge in [0, 0.05) is 40.4 Å². The van der Waals surface area contributed by atoms with Crippen LogP contribution in [0, 0.1) is 5.41 Å². The third kappa shape index (κ3) is 6.87. The second-order valence-corrected chi connectivity index (χ2v) is 8.93. The lowest BCUT2D eigenvalue weighted by molar-refractivity contribution is 0.0507. The van der Waals surface area contributed by atoms with Gasteiger partial charge in [0.2, 0.25) is 0 Å². The fraction of sp³-hybridized carbons (Fsp3) is 0.900. The van der Waals surface area contributed by atoms with E-state index in [2.05, 4.69) is 20.5 Å². The Morgan fingerprint density at radius 2 is 2.00 bits per heavy atom. The molecule has 7 heteroatoms. The highest BCUT2D eigenvalue weighted by atomic mass is 16.6. The van der Waals surface area contributed by atoms with E-state index in [0.717, 1.165) is 45.0 Å². The third-order valence-electron chi connectivity index (χ3n) is 5.54. The third-order valence-corrected chi connectivity index (χ3v) is 5.54. The van der Waals surface area contributed by atoms with Crippen LogP contribution < -0.4 is 10.6 Å². The molecule has 1 saturated carbocycles. The number of methoxy groups -OCH3 is 1. The minimum atomic E-state index is -0.474. The molecule has 0 radical (unpaired) electrons. The van der Waals surface area contributed by atoms with Gasteiger partial charge in [0.25, 0.3) is 0 Å². The van der Waals surface area contributed by atoms with Gasteiger partial charge in [0.15, 0.2) is 5.96 Å². The normalized spacial score (nSPS) is 22.8. The number of nitrogens with one attached hydrogen (secondary N) is 2. The Morgan fingerprint density at radius 1 is 1.30 bits per heavy atom. The van der Waals surface area contributed by atoms with Crippen molar-refractivity contribution in [3.63, 3.8) is 0 Å². The summed E-state index contributed by atoms with van der Waals surface area (Å²) in [5.74, 6) is 0.923. The van der Waals surface area contributed by atoms with Gasteiger partial charge in [-0.15, -0.1) is 0 Å². The molecule has 27 heavy (non-hydrogen) atoms. The quantitative estimate of drug-likeness (QED) is 0.546. The summed E-state index contributed by atoms with van der Waals surface area (Å²) in [6, 6.07) is 0.0901. The van der Waals surface area contributed by atoms with Crippen molar-refractivity contribution in [2.24, 2.45) is 10.4 Å². The standard InChI is InChI=1S/C20H38N4O3/c1-19(2,3)27-18(25)23-16-8-12-24(14-16)17(21-4)22-15-20(11-13-26-5)9-6-7-10-20/h16H,6-15H2,1-5H3,(H,21,22)(H,23,25)/t16-/m1/s1. The largest absolute Gasteiger partial charge is 0.444 e. The predicted molar refractivity (Wildman–Crippen MR) is 108 cm³/mol. The van der Waals surface area contributed by atoms with E-state index in [0.29, 0.717) is 5.41 Å². The van der Waals surface area contributed by atoms with Crippen molar-refractivity contribution in [3.8, 4) is 0 Å². The minimum Gasteiger partial charge on any atom is -0.444 e. The fourth-order valence-corrected chi connectivity index (χ4v) is 4.10. The SMILES string of the molecule is CN=C(NCC1(CCOC)CCCC1)N1CC[C@@H](NC(=O)OC(C)(C)C)C1. The first-order valence-corrected chi connectivity index (χ1v) is 10.2. The number of aliphatic imine (C=N–C) groups is 1. The van der Waals surface area contributed by atoms with Gasteiger partial charge in [0.05, 0.1) is 6.04 Å². The number of carbonyl (C=O) groups excluding carboxylic acids is 1. The fourth-order valence-electron chi connectivity index (χ4n) is 4.10. The van der Waals surface area contributed by atoms with Crippen molar-refractivity contribution in [2.75, 3.05) is 40.4 Å². The zero-order valence-corrected chi connectivity index (χ0v) is 17.8. The van der Waals surface area contributed by atoms with Gasteiger partial charge in [-0.3, -0.25) is 4.99 Å². The number of nitrogens with zero attached hydrogens (tertiary/aromatic N) is 2. The molecule has 2 N–H and O–H groups in total. The molecule has 2 fully saturated rings. The lowest BCUT2D eigenvalue weighted by atomic mass is 9.83. The van der Waals surface area contributed by atoms with E-state index in [4.69, 9.17) is 9.47 Å². The molecule has 0 spiro atoms. The van der Waals surface area contributed by atoms with Crippen molar-refractivity contribution in [3.05, 3.63) is 0 Å². The summed E-state index contributed by atoms with van der Waals surface area (Å²) in [4.78, 5) is 18.7. The number of amides is 1. The van der Waals surface area contributed by atoms with Gasteiger partial charge in [-0.2, -0.15) is 0 Å². The maximum Gasteiger partial charge on any atom is 0.407 e. The Hall–Kier alpha value is -1.50. The highest BCUT2D eigenvalue weighted by Gasteiger charge is 2.34. The first-order valence-electron chi connectivity index (χ1n) is 10.2. The molecule has 1 aliphatic heterocycles. The molecule has 0 aromatic rings. The molecule has 1 aliphatic carbocycles. The van der Waals surface area contributed by atoms with Gasteiger partial charge in [-0.1, -0.05) is 12.8 Å². The minimum absolute atomic E-state index is 0.0901. The molecule has 1 saturated heterocycles. The van der Waals surface area contributed by atoms with Crippen LogP contribution in [0.3, 0.4) is 0 Å². The monoisotopic (exact) mass is 382 g/mol. The van der Waals surface area contributed by atoms with Crippen LogP contribution in [0.1, 0.15) is 59.3 Å². The Morgan fingerprint density at radius 3 is 2.59 bits per heavy atom. The Kier molecular flexibility index (Phi) is 7.77. The molecule has 156 valence electrons. The molecular formula is C20H38N4O3. The summed E-state index contributed by atoms with van der Waals surface area (Å²) in [5.41, 5.74) is -0.155. The Balaban J connectivity index is 1.83. The smallest absolute Gasteiger partial charge is 0.407 e. The van der Waals surface area contributed by atoms with Crippen molar-refractivity contribution >= 4 is 12.1 Å². The average Bonchev–Trinajstić information content (AvgIpc) is 3.22. The molecule has 1 heterocycles. The summed E-state index contributed by atoms with van der Waals surface area (Å²) in [5, 5.41) is 6.57. The molecule has 0 aromatic carbocycles. The zero-order chi connectivity index (χ0) is 19.9. The summed E-state index contributed by atoms with van der Waals surface area (Å²) >= 11 is 0. The van der Waals surface area contributed by atoms with Crippen LogP contribution in [0.25, 0.3) is 0 Å². The highest BCUT2D eigenvalue weighted by molar-refractivity contribution is 5.80. The van der Waals surface area contributed by atoms with Crippen molar-refractivity contribution in [1.29, 1.82) is 0 Å². The second-order valence-electron chi connectivity index (χ2n) is 8.93. The average molecular weight is 383 g/mol. The van der Waals surface area contributed by atoms with Crippen molar-refractivity contribution < 1.29 is 14.3 Å². The molecule has 2 rings (SSSR count). The van der Waals surface area contributed by atoms with Crippen LogP contribution in [-0.2, 0) is 9.47 Å². The number of likely N-dealkylation sites (tertiary alicyclic amines) is 1. The summed E-state index contributed by atoms with van der Waals surface area (Å²) in [6.45, 7) is 9.01. The van der Waals surface area contributed by atoms with Crippen molar-refractivity contribution in [2.45, 2.75) is 70.9 Å². The van der Waals surface area contributed by atoms with Gasteiger partial charge < -0.3 is 25.0 Å². The molecule has 0 bridgehead atoms. The first kappa shape index (κ1) is 21.8. The molecule has 1 atom stereocenters. The molecule has 0 unspecified atom stereocenters. The van der Waals surface area contributed by atoms with E-state index in [1.165, 1.54) is 25.7 Å². The second kappa shape index (κ2) is 9.62. The Bertz CT molecular complexity index is 510. The first-order chi connectivity index (χ1) is 12.8. The maximum absolute atomic E-state index is 12.0. The van der Waals surface area contributed by atoms with E-state index >= 15 is 0 Å². The summed E-state index contributed by atoms with van der Waals surface area (Å²) in [6.07, 6.45) is 6.75. The van der Waals surface area contributed by atoms with E-state index < -0.39 is 5.60 Å². The zero-order valence-electron chi connectivity index (χ0n) is 17.8. The van der Waals surface area contributed by atoms with Gasteiger partial charge in [0.1, 0.15) is 5.60 Å². The van der Waals surface area contributed by atoms with Crippen LogP contribution in [0.5, 0.6) is 0 Å². The number of guanidine groups is 1. The predicted octanol–water partition coefficient (Wildman–Crippen LogP) is 2.76. The van der Waals surface area contributed by atoms with Gasteiger partial charge >= 0.3 is 6.09 Å². The van der Waals surface area contributed by atoms with Crippen LogP contribution in [0.2, 0.25) is 0 Å². The lowest BCUT2D eigenvalue weighted by Gasteiger charge is -2.31. The highest BCUT2D eigenvalue weighted by Crippen LogP contribution is 2.40. The van der Waals surface area contributed by atoms with E-state index in [-0.39, 0.29) is 12.1 Å². The number of alkyl carbamates (subject to hydrolysis) is 1. The van der Waals surface area contributed by atoms with Crippen molar-refractivity contribution in [1.82, 2.24) is 15.5 Å². The molecule has 2 aliphatic rings. The molecule has 1 amide bonds. The number of carbonyl (C=O) groups is 1. The number of ether oxygens (including phenoxy) is 2. The van der Waals surface area contributed by atoms with E-state index in [1.54, 1.807) is 7.11 Å². The van der Waals surface area contributed by atoms with Crippen LogP contribution in [0.4, 0.5) is 4.79 Å². The van der Waals surface area contributed by atoms with Crippen LogP contribution in [0.15, 0.2) is 4.99 Å². The lowest BCUT2D eigenvalue weighted by Crippen LogP contribution is -2.46. The van der Waals surface area contributed by atoms with Crippen LogP contribution >= 0.6 is 0 Å². The molecular weight excluding hydrogens is 344 g/mol. The topological polar surface area (TPSA) is 75.2 Å². The Labute approximate surface area is 164 Å². The number of hydrogen-bond donors (Lipinski definition) is 2. The van der Waals surface area contributed by atoms with E-state index in [9.17, 15) is 4.79 Å². The van der Waals surface area contributed by atoms with E-state index in [1.807, 2.05) is 27.8 Å². The maximum atomic E-state index is 12.0.